The molecule has 0 aliphatic carbocycles. The monoisotopic (exact) mass is 462 g/mol. The van der Waals surface area contributed by atoms with E-state index in [1.54, 1.807) is 13.2 Å². The van der Waals surface area contributed by atoms with Gasteiger partial charge in [0.15, 0.2) is 0 Å². The van der Waals surface area contributed by atoms with Gasteiger partial charge in [0, 0.05) is 6.54 Å². The molecule has 1 aromatic carbocycles. The smallest absolute Gasteiger partial charge is 0.302 e. The van der Waals surface area contributed by atoms with Gasteiger partial charge in [-0.05, 0) is 61.1 Å². The number of hydrogen-bond donors (Lipinski definition) is 1. The Labute approximate surface area is 186 Å². The van der Waals surface area contributed by atoms with E-state index in [4.69, 9.17) is 16.3 Å². The van der Waals surface area contributed by atoms with Crippen molar-refractivity contribution >= 4 is 33.4 Å². The number of ether oxygens (including phenoxy) is 1. The van der Waals surface area contributed by atoms with Gasteiger partial charge in [-0.15, -0.1) is 0 Å². The Kier molecular flexibility index (Phi) is 5.07. The third kappa shape index (κ3) is 3.44. The Morgan fingerprint density at radius 3 is 2.81 bits per heavy atom. The highest BCUT2D eigenvalue weighted by Crippen LogP contribution is 2.46. The molecule has 5 rings (SSSR count). The summed E-state index contributed by atoms with van der Waals surface area (Å²) in [4.78, 5) is 19.2. The van der Waals surface area contributed by atoms with Gasteiger partial charge in [0.25, 0.3) is 0 Å². The minimum absolute atomic E-state index is 0.123. The van der Waals surface area contributed by atoms with Crippen LogP contribution in [0.2, 0.25) is 5.15 Å². The van der Waals surface area contributed by atoms with Crippen LogP contribution in [0.15, 0.2) is 36.5 Å². The molecule has 3 aliphatic rings. The molecule has 2 saturated heterocycles. The molecule has 2 fully saturated rings. The highest BCUT2D eigenvalue weighted by Gasteiger charge is 2.54. The fourth-order valence-electron chi connectivity index (χ4n) is 5.13. The van der Waals surface area contributed by atoms with Crippen LogP contribution in [0.25, 0.3) is 0 Å². The molecule has 10 heteroatoms. The summed E-state index contributed by atoms with van der Waals surface area (Å²) in [5, 5.41) is 0.276. The predicted octanol–water partition coefficient (Wildman–Crippen LogP) is 2.76. The van der Waals surface area contributed by atoms with Crippen molar-refractivity contribution in [2.75, 3.05) is 18.4 Å². The topological polar surface area (TPSA) is 91.8 Å². The number of fused-ring (bicyclic) bond motifs is 6. The molecule has 164 valence electrons. The van der Waals surface area contributed by atoms with Gasteiger partial charge in [0.2, 0.25) is 5.91 Å². The molecule has 4 heterocycles. The van der Waals surface area contributed by atoms with Gasteiger partial charge in [-0.2, -0.15) is 12.7 Å². The normalized spacial score (nSPS) is 25.5. The Bertz CT molecular complexity index is 1120. The van der Waals surface area contributed by atoms with Crippen LogP contribution in [0.1, 0.15) is 36.4 Å². The SMILES string of the molecule is COc1ccc2c(c1)CCN1C(=O)C3CCCC(C21)N3S(=O)(=O)Nc1ccc(Cl)nc1. The number of benzene rings is 1. The Hall–Kier alpha value is -2.36. The molecule has 0 saturated carbocycles. The summed E-state index contributed by atoms with van der Waals surface area (Å²) in [5.41, 5.74) is 2.41. The maximum Gasteiger partial charge on any atom is 0.302 e. The number of piperidine rings is 1. The number of halogens is 1. The lowest BCUT2D eigenvalue weighted by molar-refractivity contribution is -0.150. The first kappa shape index (κ1) is 20.5. The van der Waals surface area contributed by atoms with Crippen LogP contribution < -0.4 is 9.46 Å². The summed E-state index contributed by atoms with van der Waals surface area (Å²) >= 11 is 5.82. The van der Waals surface area contributed by atoms with Gasteiger partial charge in [-0.3, -0.25) is 9.52 Å². The fraction of sp³-hybridized carbons (Fsp3) is 0.429. The van der Waals surface area contributed by atoms with Crippen molar-refractivity contribution < 1.29 is 17.9 Å². The molecular formula is C21H23ClN4O4S. The van der Waals surface area contributed by atoms with Crippen molar-refractivity contribution in [3.63, 3.8) is 0 Å². The second kappa shape index (κ2) is 7.65. The lowest BCUT2D eigenvalue weighted by Gasteiger charge is -2.54. The van der Waals surface area contributed by atoms with Gasteiger partial charge in [-0.25, -0.2) is 4.98 Å². The Balaban J connectivity index is 1.54. The molecule has 1 aromatic heterocycles. The number of nitrogens with one attached hydrogen (secondary N) is 1. The second-order valence-corrected chi connectivity index (χ2v) is 10.1. The highest BCUT2D eigenvalue weighted by atomic mass is 35.5. The van der Waals surface area contributed by atoms with Crippen molar-refractivity contribution in [2.24, 2.45) is 0 Å². The molecule has 1 N–H and O–H groups in total. The lowest BCUT2D eigenvalue weighted by Crippen LogP contribution is -2.67. The van der Waals surface area contributed by atoms with Crippen LogP contribution in [0.3, 0.4) is 0 Å². The van der Waals surface area contributed by atoms with Crippen molar-refractivity contribution in [3.8, 4) is 5.75 Å². The van der Waals surface area contributed by atoms with Crippen molar-refractivity contribution in [2.45, 2.75) is 43.8 Å². The second-order valence-electron chi connectivity index (χ2n) is 8.11. The number of methoxy groups -OCH3 is 1. The summed E-state index contributed by atoms with van der Waals surface area (Å²) in [7, 11) is -2.36. The van der Waals surface area contributed by atoms with E-state index in [1.807, 2.05) is 23.1 Å². The third-order valence-electron chi connectivity index (χ3n) is 6.42. The first-order valence-electron chi connectivity index (χ1n) is 10.3. The van der Waals surface area contributed by atoms with E-state index in [0.29, 0.717) is 25.1 Å². The number of nitrogens with zero attached hydrogens (tertiary/aromatic N) is 3. The number of rotatable bonds is 4. The molecule has 8 nitrogen and oxygen atoms in total. The maximum atomic E-state index is 13.4. The van der Waals surface area contributed by atoms with E-state index >= 15 is 0 Å². The van der Waals surface area contributed by atoms with Crippen LogP contribution in [-0.4, -0.2) is 54.3 Å². The van der Waals surface area contributed by atoms with Crippen LogP contribution in [0.4, 0.5) is 5.69 Å². The molecule has 2 aromatic rings. The van der Waals surface area contributed by atoms with E-state index in [1.165, 1.54) is 16.6 Å². The summed E-state index contributed by atoms with van der Waals surface area (Å²) in [6, 6.07) is 7.58. The molecule has 2 bridgehead atoms. The zero-order valence-electron chi connectivity index (χ0n) is 17.0. The van der Waals surface area contributed by atoms with Crippen molar-refractivity contribution in [1.82, 2.24) is 14.2 Å². The largest absolute Gasteiger partial charge is 0.497 e. The van der Waals surface area contributed by atoms with Crippen LogP contribution in [-0.2, 0) is 21.4 Å². The number of aromatic nitrogens is 1. The zero-order valence-corrected chi connectivity index (χ0v) is 18.6. The van der Waals surface area contributed by atoms with E-state index in [2.05, 4.69) is 9.71 Å². The van der Waals surface area contributed by atoms with Gasteiger partial charge in [0.1, 0.15) is 16.9 Å². The minimum Gasteiger partial charge on any atom is -0.497 e. The molecule has 3 unspecified atom stereocenters. The van der Waals surface area contributed by atoms with E-state index in [9.17, 15) is 13.2 Å². The van der Waals surface area contributed by atoms with Crippen LogP contribution in [0, 0.1) is 0 Å². The lowest BCUT2D eigenvalue weighted by atomic mass is 9.80. The predicted molar refractivity (Wildman–Crippen MR) is 116 cm³/mol. The number of piperazine rings is 1. The van der Waals surface area contributed by atoms with E-state index in [-0.39, 0.29) is 23.1 Å². The van der Waals surface area contributed by atoms with Crippen LogP contribution in [0.5, 0.6) is 5.75 Å². The highest BCUT2D eigenvalue weighted by molar-refractivity contribution is 7.90. The van der Waals surface area contributed by atoms with Gasteiger partial charge >= 0.3 is 10.2 Å². The first-order chi connectivity index (χ1) is 14.9. The average Bonchev–Trinajstić information content (AvgIpc) is 2.77. The van der Waals surface area contributed by atoms with E-state index < -0.39 is 16.3 Å². The first-order valence-corrected chi connectivity index (χ1v) is 12.1. The average molecular weight is 463 g/mol. The number of anilines is 1. The standard InChI is InChI=1S/C21H23ClN4O4S/c1-30-15-6-7-16-13(11-15)9-10-25-20(16)17-3-2-4-18(21(25)27)26(17)31(28,29)24-14-5-8-19(22)23-12-14/h5-8,11-12,17-18,20,24H,2-4,9-10H2,1H3. The maximum absolute atomic E-state index is 13.4. The summed E-state index contributed by atoms with van der Waals surface area (Å²) in [6.07, 6.45) is 4.13. The minimum atomic E-state index is -3.98. The third-order valence-corrected chi connectivity index (χ3v) is 8.22. The molecule has 0 spiro atoms. The Morgan fingerprint density at radius 1 is 1.23 bits per heavy atom. The summed E-state index contributed by atoms with van der Waals surface area (Å²) in [5.74, 6) is 0.638. The molecule has 3 aliphatic heterocycles. The molecular weight excluding hydrogens is 440 g/mol. The number of carbonyl (C=O) groups excluding carboxylic acids is 1. The van der Waals surface area contributed by atoms with Crippen LogP contribution >= 0.6 is 11.6 Å². The summed E-state index contributed by atoms with van der Waals surface area (Å²) in [6.45, 7) is 0.582. The fourth-order valence-corrected chi connectivity index (χ4v) is 6.88. The van der Waals surface area contributed by atoms with Gasteiger partial charge < -0.3 is 9.64 Å². The van der Waals surface area contributed by atoms with E-state index in [0.717, 1.165) is 29.7 Å². The van der Waals surface area contributed by atoms with Gasteiger partial charge in [0.05, 0.1) is 31.1 Å². The molecule has 3 atom stereocenters. The van der Waals surface area contributed by atoms with Gasteiger partial charge in [-0.1, -0.05) is 17.7 Å². The quantitative estimate of drug-likeness (QED) is 0.705. The number of hydrogen-bond acceptors (Lipinski definition) is 5. The zero-order chi connectivity index (χ0) is 21.8. The number of amides is 1. The van der Waals surface area contributed by atoms with Crippen molar-refractivity contribution in [1.29, 1.82) is 0 Å². The summed E-state index contributed by atoms with van der Waals surface area (Å²) < 4.78 is 36.2. The molecule has 1 amide bonds. The molecule has 0 radical (unpaired) electrons. The number of carbonyl (C=O) groups is 1. The van der Waals surface area contributed by atoms with Crippen molar-refractivity contribution in [3.05, 3.63) is 52.8 Å². The Morgan fingerprint density at radius 2 is 2.06 bits per heavy atom. The molecule has 31 heavy (non-hydrogen) atoms. The number of pyridine rings is 1.